The monoisotopic (exact) mass is 348 g/mol. The van der Waals surface area contributed by atoms with E-state index in [0.717, 1.165) is 16.8 Å². The molecule has 0 saturated carbocycles. The van der Waals surface area contributed by atoms with Gasteiger partial charge < -0.3 is 15.0 Å². The third-order valence-electron chi connectivity index (χ3n) is 4.65. The zero-order valence-corrected chi connectivity index (χ0v) is 14.2. The Balaban J connectivity index is 2.07. The summed E-state index contributed by atoms with van der Waals surface area (Å²) in [5.41, 5.74) is 8.06. The average Bonchev–Trinajstić information content (AvgIpc) is 2.97. The molecule has 130 valence electrons. The topological polar surface area (TPSA) is 57.2 Å². The highest BCUT2D eigenvalue weighted by Crippen LogP contribution is 2.34. The van der Waals surface area contributed by atoms with E-state index in [4.69, 9.17) is 10.5 Å². The van der Waals surface area contributed by atoms with Gasteiger partial charge in [0, 0.05) is 21.9 Å². The Kier molecular flexibility index (Phi) is 3.84. The van der Waals surface area contributed by atoms with Crippen molar-refractivity contribution in [3.63, 3.8) is 0 Å². The summed E-state index contributed by atoms with van der Waals surface area (Å²) in [6.07, 6.45) is 0. The van der Waals surface area contributed by atoms with Crippen molar-refractivity contribution in [2.75, 3.05) is 7.11 Å². The third-order valence-corrected chi connectivity index (χ3v) is 4.65. The van der Waals surface area contributed by atoms with Crippen LogP contribution < -0.4 is 10.5 Å². The molecule has 5 heteroatoms. The van der Waals surface area contributed by atoms with Crippen molar-refractivity contribution in [1.29, 1.82) is 0 Å². The van der Waals surface area contributed by atoms with Crippen LogP contribution in [0.2, 0.25) is 0 Å². The Morgan fingerprint density at radius 2 is 1.85 bits per heavy atom. The van der Waals surface area contributed by atoms with Gasteiger partial charge in [0.05, 0.1) is 24.7 Å². The number of hydrogen-bond acceptors (Lipinski definition) is 2. The molecule has 0 fully saturated rings. The Hall–Kier alpha value is -3.34. The predicted molar refractivity (Wildman–Crippen MR) is 100 cm³/mol. The Morgan fingerprint density at radius 1 is 1.08 bits per heavy atom. The fourth-order valence-corrected chi connectivity index (χ4v) is 3.53. The van der Waals surface area contributed by atoms with Gasteiger partial charge in [0.25, 0.3) is 0 Å². The van der Waals surface area contributed by atoms with E-state index in [1.807, 2.05) is 41.0 Å². The molecule has 0 atom stereocenters. The van der Waals surface area contributed by atoms with E-state index in [1.165, 1.54) is 6.07 Å². The fourth-order valence-electron chi connectivity index (χ4n) is 3.53. The lowest BCUT2D eigenvalue weighted by Gasteiger charge is -2.12. The van der Waals surface area contributed by atoms with Crippen LogP contribution in [0.25, 0.3) is 21.8 Å². The van der Waals surface area contributed by atoms with E-state index in [2.05, 4.69) is 0 Å². The molecule has 0 unspecified atom stereocenters. The van der Waals surface area contributed by atoms with Crippen molar-refractivity contribution in [2.24, 2.45) is 5.73 Å². The maximum absolute atomic E-state index is 14.7. The molecule has 1 aromatic heterocycles. The van der Waals surface area contributed by atoms with E-state index in [0.29, 0.717) is 28.4 Å². The minimum Gasteiger partial charge on any atom is -0.496 e. The first-order valence-corrected chi connectivity index (χ1v) is 8.23. The molecule has 0 aliphatic carbocycles. The second kappa shape index (κ2) is 6.19. The molecule has 4 aromatic rings. The summed E-state index contributed by atoms with van der Waals surface area (Å²) >= 11 is 0. The highest BCUT2D eigenvalue weighted by atomic mass is 19.1. The number of carbonyl (C=O) groups is 1. The van der Waals surface area contributed by atoms with Gasteiger partial charge in [-0.05, 0) is 24.3 Å². The van der Waals surface area contributed by atoms with Crippen molar-refractivity contribution in [1.82, 2.24) is 4.57 Å². The van der Waals surface area contributed by atoms with E-state index in [-0.39, 0.29) is 5.82 Å². The second-order valence-electron chi connectivity index (χ2n) is 6.10. The molecule has 3 aromatic carbocycles. The molecule has 0 spiro atoms. The van der Waals surface area contributed by atoms with Gasteiger partial charge >= 0.3 is 0 Å². The molecule has 0 bridgehead atoms. The Bertz CT molecular complexity index is 1150. The lowest BCUT2D eigenvalue weighted by atomic mass is 10.1. The van der Waals surface area contributed by atoms with E-state index in [9.17, 15) is 9.18 Å². The summed E-state index contributed by atoms with van der Waals surface area (Å²) < 4.78 is 22.0. The number of methoxy groups -OCH3 is 1. The van der Waals surface area contributed by atoms with E-state index < -0.39 is 5.91 Å². The zero-order chi connectivity index (χ0) is 18.3. The molecule has 0 saturated heterocycles. The van der Waals surface area contributed by atoms with Gasteiger partial charge in [-0.15, -0.1) is 0 Å². The van der Waals surface area contributed by atoms with Crippen molar-refractivity contribution in [2.45, 2.75) is 6.54 Å². The number of ether oxygens (including phenoxy) is 1. The number of rotatable bonds is 4. The van der Waals surface area contributed by atoms with Gasteiger partial charge in [-0.1, -0.05) is 36.4 Å². The second-order valence-corrected chi connectivity index (χ2v) is 6.10. The number of nitrogens with zero attached hydrogens (tertiary/aromatic N) is 1. The molecule has 26 heavy (non-hydrogen) atoms. The van der Waals surface area contributed by atoms with Gasteiger partial charge in [-0.2, -0.15) is 0 Å². The highest BCUT2D eigenvalue weighted by molar-refractivity contribution is 6.17. The summed E-state index contributed by atoms with van der Waals surface area (Å²) in [5, 5.41) is 1.34. The van der Waals surface area contributed by atoms with Gasteiger partial charge in [0.15, 0.2) is 0 Å². The van der Waals surface area contributed by atoms with Crippen LogP contribution in [0.3, 0.4) is 0 Å². The minimum absolute atomic E-state index is 0.344. The summed E-state index contributed by atoms with van der Waals surface area (Å²) in [6.45, 7) is 0.410. The maximum atomic E-state index is 14.7. The summed E-state index contributed by atoms with van der Waals surface area (Å²) in [4.78, 5) is 11.9. The summed E-state index contributed by atoms with van der Waals surface area (Å²) in [7, 11) is 1.61. The maximum Gasteiger partial charge on any atom is 0.249 e. The molecular formula is C21H17FN2O2. The van der Waals surface area contributed by atoms with Crippen molar-refractivity contribution in [3.8, 4) is 5.75 Å². The third kappa shape index (κ3) is 2.40. The number of halogens is 1. The fraction of sp³-hybridized carbons (Fsp3) is 0.0952. The van der Waals surface area contributed by atoms with Gasteiger partial charge in [-0.3, -0.25) is 4.79 Å². The molecule has 1 heterocycles. The van der Waals surface area contributed by atoms with Crippen LogP contribution in [-0.2, 0) is 6.54 Å². The number of para-hydroxylation sites is 2. The summed E-state index contributed by atoms with van der Waals surface area (Å²) in [5.74, 6) is -0.148. The predicted octanol–water partition coefficient (Wildman–Crippen LogP) is 4.09. The number of primary amides is 1. The SMILES string of the molecule is COc1ccccc1Cn1c2cccc(C(N)=O)c2c2cccc(F)c21. The molecule has 4 nitrogen and oxygen atoms in total. The number of fused-ring (bicyclic) bond motifs is 3. The van der Waals surface area contributed by atoms with E-state index >= 15 is 0 Å². The number of carbonyl (C=O) groups excluding carboxylic acids is 1. The standard InChI is InChI=1S/C21H17FN2O2/c1-26-18-11-3-2-6-13(18)12-24-17-10-5-8-15(21(23)25)19(17)14-7-4-9-16(22)20(14)24/h2-11H,12H2,1H3,(H2,23,25). The molecule has 1 amide bonds. The van der Waals surface area contributed by atoms with Crippen molar-refractivity contribution >= 4 is 27.7 Å². The minimum atomic E-state index is -0.531. The first kappa shape index (κ1) is 16.1. The quantitative estimate of drug-likeness (QED) is 0.604. The molecule has 0 aliphatic heterocycles. The molecule has 4 rings (SSSR count). The Labute approximate surface area is 149 Å². The highest BCUT2D eigenvalue weighted by Gasteiger charge is 2.19. The van der Waals surface area contributed by atoms with Crippen molar-refractivity contribution in [3.05, 3.63) is 77.6 Å². The first-order valence-electron chi connectivity index (χ1n) is 8.23. The lowest BCUT2D eigenvalue weighted by Crippen LogP contribution is -2.11. The Morgan fingerprint density at radius 3 is 2.62 bits per heavy atom. The van der Waals surface area contributed by atoms with Gasteiger partial charge in [0.2, 0.25) is 5.91 Å². The summed E-state index contributed by atoms with van der Waals surface area (Å²) in [6, 6.07) is 17.8. The number of nitrogens with two attached hydrogens (primary N) is 1. The van der Waals surface area contributed by atoms with Crippen LogP contribution in [-0.4, -0.2) is 17.6 Å². The van der Waals surface area contributed by atoms with Gasteiger partial charge in [-0.25, -0.2) is 4.39 Å². The normalized spacial score (nSPS) is 11.2. The number of hydrogen-bond donors (Lipinski definition) is 1. The molecule has 2 N–H and O–H groups in total. The zero-order valence-electron chi connectivity index (χ0n) is 14.2. The number of aromatic nitrogens is 1. The van der Waals surface area contributed by atoms with Crippen LogP contribution in [0.15, 0.2) is 60.7 Å². The van der Waals surface area contributed by atoms with Crippen molar-refractivity contribution < 1.29 is 13.9 Å². The van der Waals surface area contributed by atoms with Gasteiger partial charge in [0.1, 0.15) is 11.6 Å². The van der Waals surface area contributed by atoms with Crippen LogP contribution in [0.1, 0.15) is 15.9 Å². The first-order chi connectivity index (χ1) is 12.6. The van der Waals surface area contributed by atoms with Crippen LogP contribution in [0.4, 0.5) is 4.39 Å². The largest absolute Gasteiger partial charge is 0.496 e. The van der Waals surface area contributed by atoms with Crippen LogP contribution in [0, 0.1) is 5.82 Å². The van der Waals surface area contributed by atoms with Crippen LogP contribution >= 0.6 is 0 Å². The van der Waals surface area contributed by atoms with Crippen LogP contribution in [0.5, 0.6) is 5.75 Å². The average molecular weight is 348 g/mol. The molecule has 0 radical (unpaired) electrons. The van der Waals surface area contributed by atoms with E-state index in [1.54, 1.807) is 25.3 Å². The molecule has 0 aliphatic rings. The molecular weight excluding hydrogens is 331 g/mol. The number of amides is 1. The number of benzene rings is 3. The lowest BCUT2D eigenvalue weighted by molar-refractivity contribution is 0.100. The smallest absolute Gasteiger partial charge is 0.249 e.